The molecular weight excluding hydrogens is 272 g/mol. The number of nitro groups is 1. The molecule has 6 nitrogen and oxygen atoms in total. The van der Waals surface area contributed by atoms with Gasteiger partial charge in [-0.05, 0) is 13.0 Å². The molecular formula is C15H16N2O4. The Bertz CT molecular complexity index is 658. The average Bonchev–Trinajstić information content (AvgIpc) is 2.45. The van der Waals surface area contributed by atoms with Gasteiger partial charge in [0.1, 0.15) is 11.5 Å². The van der Waals surface area contributed by atoms with Crippen LogP contribution < -0.4 is 5.32 Å². The van der Waals surface area contributed by atoms with E-state index >= 15 is 0 Å². The number of phenols is 2. The molecule has 0 aliphatic heterocycles. The lowest BCUT2D eigenvalue weighted by Gasteiger charge is -2.16. The zero-order valence-electron chi connectivity index (χ0n) is 11.5. The van der Waals surface area contributed by atoms with E-state index in [1.165, 1.54) is 18.2 Å². The van der Waals surface area contributed by atoms with Crippen molar-refractivity contribution in [1.82, 2.24) is 5.32 Å². The molecule has 0 aromatic heterocycles. The number of aromatic hydroxyl groups is 2. The zero-order chi connectivity index (χ0) is 15.4. The van der Waals surface area contributed by atoms with Crippen LogP contribution in [0.2, 0.25) is 0 Å². The lowest BCUT2D eigenvalue weighted by atomic mass is 10.1. The minimum atomic E-state index is -0.417. The number of rotatable bonds is 5. The second-order valence-electron chi connectivity index (χ2n) is 4.73. The molecule has 1 unspecified atom stereocenters. The quantitative estimate of drug-likeness (QED) is 0.580. The van der Waals surface area contributed by atoms with E-state index in [-0.39, 0.29) is 23.2 Å². The molecule has 0 radical (unpaired) electrons. The van der Waals surface area contributed by atoms with Crippen LogP contribution in [0.15, 0.2) is 42.5 Å². The van der Waals surface area contributed by atoms with Gasteiger partial charge in [0.05, 0.1) is 4.92 Å². The highest BCUT2D eigenvalue weighted by Gasteiger charge is 2.15. The Balaban J connectivity index is 2.11. The van der Waals surface area contributed by atoms with Crippen molar-refractivity contribution in [3.05, 3.63) is 63.7 Å². The summed E-state index contributed by atoms with van der Waals surface area (Å²) in [6.07, 6.45) is 0. The first-order chi connectivity index (χ1) is 9.99. The van der Waals surface area contributed by atoms with Gasteiger partial charge in [-0.2, -0.15) is 0 Å². The summed E-state index contributed by atoms with van der Waals surface area (Å²) in [5.74, 6) is -0.0280. The van der Waals surface area contributed by atoms with E-state index in [0.29, 0.717) is 17.7 Å². The van der Waals surface area contributed by atoms with Crippen LogP contribution in [-0.4, -0.2) is 15.1 Å². The van der Waals surface area contributed by atoms with Crippen molar-refractivity contribution in [3.8, 4) is 11.5 Å². The molecule has 0 amide bonds. The summed E-state index contributed by atoms with van der Waals surface area (Å²) in [4.78, 5) is 10.5. The van der Waals surface area contributed by atoms with Crippen molar-refractivity contribution in [2.45, 2.75) is 19.5 Å². The third kappa shape index (κ3) is 3.49. The van der Waals surface area contributed by atoms with Crippen molar-refractivity contribution < 1.29 is 15.1 Å². The summed E-state index contributed by atoms with van der Waals surface area (Å²) in [7, 11) is 0. The molecule has 0 saturated heterocycles. The molecule has 2 aromatic carbocycles. The molecule has 21 heavy (non-hydrogen) atoms. The highest BCUT2D eigenvalue weighted by molar-refractivity contribution is 5.42. The first-order valence-electron chi connectivity index (χ1n) is 6.46. The van der Waals surface area contributed by atoms with Gasteiger partial charge in [-0.1, -0.05) is 24.3 Å². The van der Waals surface area contributed by atoms with E-state index in [4.69, 9.17) is 0 Å². The summed E-state index contributed by atoms with van der Waals surface area (Å²) >= 11 is 0. The molecule has 0 saturated carbocycles. The molecule has 1 atom stereocenters. The molecule has 2 aromatic rings. The molecule has 6 heteroatoms. The highest BCUT2D eigenvalue weighted by atomic mass is 16.6. The normalized spacial score (nSPS) is 12.0. The van der Waals surface area contributed by atoms with Crippen LogP contribution in [0.3, 0.4) is 0 Å². The molecule has 3 N–H and O–H groups in total. The zero-order valence-corrected chi connectivity index (χ0v) is 11.5. The summed E-state index contributed by atoms with van der Waals surface area (Å²) in [5, 5.41) is 33.1. The summed E-state index contributed by atoms with van der Waals surface area (Å²) in [6, 6.07) is 10.7. The van der Waals surface area contributed by atoms with Gasteiger partial charge < -0.3 is 15.5 Å². The van der Waals surface area contributed by atoms with Crippen LogP contribution in [0.5, 0.6) is 11.5 Å². The van der Waals surface area contributed by atoms with E-state index in [1.807, 2.05) is 6.92 Å². The Labute approximate surface area is 121 Å². The van der Waals surface area contributed by atoms with E-state index < -0.39 is 4.92 Å². The highest BCUT2D eigenvalue weighted by Crippen LogP contribution is 2.28. The van der Waals surface area contributed by atoms with Gasteiger partial charge in [0.2, 0.25) is 0 Å². The van der Waals surface area contributed by atoms with Gasteiger partial charge in [0.25, 0.3) is 5.69 Å². The average molecular weight is 288 g/mol. The topological polar surface area (TPSA) is 95.6 Å². The molecule has 0 aliphatic carbocycles. The fourth-order valence-corrected chi connectivity index (χ4v) is 2.11. The maximum absolute atomic E-state index is 10.9. The van der Waals surface area contributed by atoms with Crippen molar-refractivity contribution >= 4 is 5.69 Å². The molecule has 0 fully saturated rings. The first-order valence-corrected chi connectivity index (χ1v) is 6.46. The van der Waals surface area contributed by atoms with E-state index in [2.05, 4.69) is 5.32 Å². The smallest absolute Gasteiger partial charge is 0.273 e. The third-order valence-corrected chi connectivity index (χ3v) is 3.27. The SMILES string of the molecule is CC(NCc1ccccc1[N+](=O)[O-])c1ccc(O)cc1O. The van der Waals surface area contributed by atoms with Gasteiger partial charge in [-0.15, -0.1) is 0 Å². The Hall–Kier alpha value is -2.60. The maximum Gasteiger partial charge on any atom is 0.273 e. The molecule has 2 rings (SSSR count). The Morgan fingerprint density at radius 2 is 1.95 bits per heavy atom. The van der Waals surface area contributed by atoms with Crippen LogP contribution in [0.25, 0.3) is 0 Å². The predicted octanol–water partition coefficient (Wildman–Crippen LogP) is 2.86. The lowest BCUT2D eigenvalue weighted by Crippen LogP contribution is -2.18. The molecule has 0 bridgehead atoms. The number of phenolic OH excluding ortho intramolecular Hbond substituents is 2. The van der Waals surface area contributed by atoms with Crippen LogP contribution in [-0.2, 0) is 6.54 Å². The molecule has 0 spiro atoms. The number of hydrogen-bond acceptors (Lipinski definition) is 5. The Morgan fingerprint density at radius 1 is 1.24 bits per heavy atom. The predicted molar refractivity (Wildman–Crippen MR) is 78.1 cm³/mol. The van der Waals surface area contributed by atoms with Gasteiger partial charge in [-0.25, -0.2) is 0 Å². The standard InChI is InChI=1S/C15H16N2O4/c1-10(13-7-6-12(18)8-15(13)19)16-9-11-4-2-3-5-14(11)17(20)21/h2-8,10,16,18-19H,9H2,1H3. The fraction of sp³-hybridized carbons (Fsp3) is 0.200. The van der Waals surface area contributed by atoms with E-state index in [9.17, 15) is 20.3 Å². The lowest BCUT2D eigenvalue weighted by molar-refractivity contribution is -0.385. The number of nitrogens with zero attached hydrogens (tertiary/aromatic N) is 1. The minimum absolute atomic E-state index is 0.0119. The number of para-hydroxylation sites is 1. The number of benzene rings is 2. The molecule has 0 aliphatic rings. The van der Waals surface area contributed by atoms with Crippen LogP contribution in [0, 0.1) is 10.1 Å². The monoisotopic (exact) mass is 288 g/mol. The number of nitrogens with one attached hydrogen (secondary N) is 1. The second kappa shape index (κ2) is 6.23. The third-order valence-electron chi connectivity index (χ3n) is 3.27. The number of nitro benzene ring substituents is 1. The largest absolute Gasteiger partial charge is 0.508 e. The molecule has 0 heterocycles. The van der Waals surface area contributed by atoms with Gasteiger partial charge in [0, 0.05) is 35.8 Å². The van der Waals surface area contributed by atoms with Crippen molar-refractivity contribution in [2.75, 3.05) is 0 Å². The number of hydrogen-bond donors (Lipinski definition) is 3. The van der Waals surface area contributed by atoms with Crippen LogP contribution in [0.4, 0.5) is 5.69 Å². The van der Waals surface area contributed by atoms with Gasteiger partial charge in [0.15, 0.2) is 0 Å². The minimum Gasteiger partial charge on any atom is -0.508 e. The summed E-state index contributed by atoms with van der Waals surface area (Å²) < 4.78 is 0. The van der Waals surface area contributed by atoms with Crippen molar-refractivity contribution in [2.24, 2.45) is 0 Å². The second-order valence-corrected chi connectivity index (χ2v) is 4.73. The fourth-order valence-electron chi connectivity index (χ4n) is 2.11. The van der Waals surface area contributed by atoms with Crippen LogP contribution >= 0.6 is 0 Å². The Kier molecular flexibility index (Phi) is 4.39. The van der Waals surface area contributed by atoms with E-state index in [0.717, 1.165) is 0 Å². The van der Waals surface area contributed by atoms with E-state index in [1.54, 1.807) is 24.3 Å². The van der Waals surface area contributed by atoms with Gasteiger partial charge >= 0.3 is 0 Å². The Morgan fingerprint density at radius 3 is 2.62 bits per heavy atom. The first kappa shape index (κ1) is 14.8. The van der Waals surface area contributed by atoms with Crippen molar-refractivity contribution in [3.63, 3.8) is 0 Å². The van der Waals surface area contributed by atoms with Crippen LogP contribution in [0.1, 0.15) is 24.1 Å². The van der Waals surface area contributed by atoms with Gasteiger partial charge in [-0.3, -0.25) is 10.1 Å². The maximum atomic E-state index is 10.9. The summed E-state index contributed by atoms with van der Waals surface area (Å²) in [5.41, 5.74) is 1.26. The molecule has 110 valence electrons. The van der Waals surface area contributed by atoms with Crippen molar-refractivity contribution in [1.29, 1.82) is 0 Å². The summed E-state index contributed by atoms with van der Waals surface area (Å²) in [6.45, 7) is 2.14.